The summed E-state index contributed by atoms with van der Waals surface area (Å²) in [6, 6.07) is 0. The maximum absolute atomic E-state index is 12.9. The van der Waals surface area contributed by atoms with Crippen LogP contribution in [0.5, 0.6) is 0 Å². The normalized spacial score (nSPS) is 13.9. The molecule has 0 fully saturated rings. The third kappa shape index (κ3) is 53.7. The molecule has 11 nitrogen and oxygen atoms in total. The maximum Gasteiger partial charge on any atom is 0.472 e. The smallest absolute Gasteiger partial charge is 0.462 e. The number of carbonyl (C=O) groups is 3. The number of carbonyl (C=O) groups excluding carboxylic acids is 3. The first-order valence-corrected chi connectivity index (χ1v) is 31.3. The van der Waals surface area contributed by atoms with Crippen molar-refractivity contribution < 1.29 is 52.2 Å². The van der Waals surface area contributed by atoms with Gasteiger partial charge in [-0.05, 0) is 83.5 Å². The fraction of sp³-hybridized carbons (Fsp3) is 0.758. The Hall–Kier alpha value is -3.08. The number of aliphatic hydroxyl groups excluding tert-OH is 1. The highest BCUT2D eigenvalue weighted by Crippen LogP contribution is 2.43. The summed E-state index contributed by atoms with van der Waals surface area (Å²) in [7, 11) is -4.76. The lowest BCUT2D eigenvalue weighted by Gasteiger charge is -2.21. The van der Waals surface area contributed by atoms with E-state index in [2.05, 4.69) is 93.7 Å². The Bertz CT molecular complexity index is 1520. The number of hydrogen-bond acceptors (Lipinski definition) is 10. The number of esters is 3. The number of rotatable bonds is 55. The van der Waals surface area contributed by atoms with Gasteiger partial charge in [-0.3, -0.25) is 23.4 Å². The minimum absolute atomic E-state index is 0.140. The quantitative estimate of drug-likeness (QED) is 0.0197. The third-order valence-corrected chi connectivity index (χ3v) is 13.6. The van der Waals surface area contributed by atoms with Crippen molar-refractivity contribution in [3.63, 3.8) is 0 Å². The molecule has 0 radical (unpaired) electrons. The molecule has 0 bridgehead atoms. The number of phosphoric ester groups is 1. The van der Waals surface area contributed by atoms with Crippen LogP contribution in [0.2, 0.25) is 0 Å². The zero-order valence-corrected chi connectivity index (χ0v) is 48.2. The van der Waals surface area contributed by atoms with Gasteiger partial charge in [-0.2, -0.15) is 0 Å². The van der Waals surface area contributed by atoms with Gasteiger partial charge in [-0.15, -0.1) is 0 Å². The molecule has 3 unspecified atom stereocenters. The maximum atomic E-state index is 12.9. The average Bonchev–Trinajstić information content (AvgIpc) is 3.39. The highest BCUT2D eigenvalue weighted by Gasteiger charge is 2.28. The first kappa shape index (κ1) is 70.9. The van der Waals surface area contributed by atoms with Crippen LogP contribution >= 0.6 is 7.82 Å². The van der Waals surface area contributed by atoms with E-state index in [-0.39, 0.29) is 25.9 Å². The molecular weight excluding hydrogens is 952 g/mol. The van der Waals surface area contributed by atoms with Gasteiger partial charge in [-0.1, -0.05) is 235 Å². The molecule has 0 aromatic rings. The monoisotopic (exact) mass is 1060 g/mol. The summed E-state index contributed by atoms with van der Waals surface area (Å²) in [6.07, 6.45) is 63.0. The Morgan fingerprint density at radius 3 is 1.09 bits per heavy atom. The van der Waals surface area contributed by atoms with Crippen LogP contribution in [0, 0.1) is 0 Å². The zero-order chi connectivity index (χ0) is 54.1. The minimum atomic E-state index is -4.76. The van der Waals surface area contributed by atoms with Gasteiger partial charge >= 0.3 is 25.7 Å². The van der Waals surface area contributed by atoms with E-state index in [4.69, 9.17) is 23.3 Å². The van der Waals surface area contributed by atoms with Crippen molar-refractivity contribution in [3.8, 4) is 0 Å². The molecule has 0 saturated carbocycles. The summed E-state index contributed by atoms with van der Waals surface area (Å²) >= 11 is 0. The van der Waals surface area contributed by atoms with Gasteiger partial charge in [0.1, 0.15) is 12.7 Å². The van der Waals surface area contributed by atoms with Crippen molar-refractivity contribution in [1.29, 1.82) is 0 Å². The summed E-state index contributed by atoms with van der Waals surface area (Å²) < 4.78 is 39.5. The fourth-order valence-corrected chi connectivity index (χ4v) is 8.93. The number of ether oxygens (including phenoxy) is 3. The molecule has 428 valence electrons. The number of unbranched alkanes of at least 4 members (excludes halogenated alkanes) is 26. The van der Waals surface area contributed by atoms with E-state index in [1.54, 1.807) is 0 Å². The third-order valence-electron chi connectivity index (χ3n) is 12.6. The molecule has 0 aliphatic carbocycles. The molecule has 74 heavy (non-hydrogen) atoms. The molecule has 0 aromatic carbocycles. The average molecular weight is 1060 g/mol. The van der Waals surface area contributed by atoms with Crippen LogP contribution in [-0.2, 0) is 42.2 Å². The molecule has 0 saturated heterocycles. The molecule has 0 aliphatic rings. The molecule has 3 atom stereocenters. The van der Waals surface area contributed by atoms with Crippen molar-refractivity contribution >= 4 is 25.7 Å². The van der Waals surface area contributed by atoms with E-state index in [1.165, 1.54) is 96.3 Å². The van der Waals surface area contributed by atoms with Gasteiger partial charge < -0.3 is 24.2 Å². The standard InChI is InChI=1S/C62H109O11P/c1-4-7-10-13-16-19-22-25-27-28-29-30-32-35-38-41-44-47-50-53-62(66)73-59(55-69-60(64)51-48-45-42-39-36-34-31-26-23-20-17-14-11-8-5-2)57-71-74(67,68)70-56-58(54-63)72-61(65)52-49-46-43-40-37-33-24-21-18-15-12-9-6-3/h8-9,11-12,17-18,20-21,26,31,33,37,58-59,63H,4-7,10,13-16,19,22-25,27-30,32,34-36,38-57H2,1-3H3,(H,67,68)/b11-8-,12-9-,20-17-,21-18-,31-26-,37-33-. The van der Waals surface area contributed by atoms with Crippen molar-refractivity contribution in [1.82, 2.24) is 0 Å². The van der Waals surface area contributed by atoms with Crippen molar-refractivity contribution in [2.45, 2.75) is 277 Å². The fourth-order valence-electron chi connectivity index (χ4n) is 8.15. The molecular formula is C62H109O11P. The molecule has 0 spiro atoms. The number of phosphoric acid groups is 1. The number of allylic oxidation sites excluding steroid dienone is 12. The molecule has 0 aliphatic heterocycles. The highest BCUT2D eigenvalue weighted by atomic mass is 31.2. The molecule has 2 N–H and O–H groups in total. The summed E-state index contributed by atoms with van der Waals surface area (Å²) in [6.45, 7) is 4.39. The molecule has 0 heterocycles. The van der Waals surface area contributed by atoms with Crippen LogP contribution in [0.3, 0.4) is 0 Å². The van der Waals surface area contributed by atoms with Crippen molar-refractivity contribution in [3.05, 3.63) is 72.9 Å². The van der Waals surface area contributed by atoms with Crippen LogP contribution in [0.25, 0.3) is 0 Å². The summed E-state index contributed by atoms with van der Waals surface area (Å²) in [5.74, 6) is -1.51. The molecule has 0 amide bonds. The Balaban J connectivity index is 4.73. The van der Waals surface area contributed by atoms with E-state index < -0.39 is 57.8 Å². The van der Waals surface area contributed by atoms with Crippen LogP contribution in [-0.4, -0.2) is 66.5 Å². The lowest BCUT2D eigenvalue weighted by atomic mass is 10.0. The summed E-state index contributed by atoms with van der Waals surface area (Å²) in [4.78, 5) is 48.6. The number of aliphatic hydroxyl groups is 1. The molecule has 0 aromatic heterocycles. The Morgan fingerprint density at radius 2 is 0.703 bits per heavy atom. The van der Waals surface area contributed by atoms with Crippen LogP contribution in [0.1, 0.15) is 265 Å². The van der Waals surface area contributed by atoms with E-state index >= 15 is 0 Å². The van der Waals surface area contributed by atoms with E-state index in [0.29, 0.717) is 19.3 Å². The van der Waals surface area contributed by atoms with Gasteiger partial charge in [0.15, 0.2) is 6.10 Å². The lowest BCUT2D eigenvalue weighted by molar-refractivity contribution is -0.161. The molecule has 12 heteroatoms. The lowest BCUT2D eigenvalue weighted by Crippen LogP contribution is -2.30. The topological polar surface area (TPSA) is 155 Å². The predicted octanol–water partition coefficient (Wildman–Crippen LogP) is 17.7. The Morgan fingerprint density at radius 1 is 0.392 bits per heavy atom. The predicted molar refractivity (Wildman–Crippen MR) is 307 cm³/mol. The second kappa shape index (κ2) is 56.1. The number of hydrogen-bond donors (Lipinski definition) is 2. The zero-order valence-electron chi connectivity index (χ0n) is 47.3. The first-order valence-electron chi connectivity index (χ1n) is 29.8. The Kier molecular flexibility index (Phi) is 53.8. The first-order chi connectivity index (χ1) is 36.2. The van der Waals surface area contributed by atoms with E-state index in [9.17, 15) is 28.9 Å². The van der Waals surface area contributed by atoms with Crippen LogP contribution < -0.4 is 0 Å². The van der Waals surface area contributed by atoms with Gasteiger partial charge in [0.05, 0.1) is 19.8 Å². The second-order valence-corrected chi connectivity index (χ2v) is 21.2. The van der Waals surface area contributed by atoms with Gasteiger partial charge in [0, 0.05) is 19.3 Å². The van der Waals surface area contributed by atoms with E-state index in [1.807, 2.05) is 0 Å². The second-order valence-electron chi connectivity index (χ2n) is 19.8. The van der Waals surface area contributed by atoms with Crippen LogP contribution in [0.4, 0.5) is 0 Å². The molecule has 0 rings (SSSR count). The van der Waals surface area contributed by atoms with Crippen LogP contribution in [0.15, 0.2) is 72.9 Å². The largest absolute Gasteiger partial charge is 0.472 e. The van der Waals surface area contributed by atoms with Crippen molar-refractivity contribution in [2.75, 3.05) is 26.4 Å². The Labute approximate surface area is 452 Å². The van der Waals surface area contributed by atoms with Gasteiger partial charge in [-0.25, -0.2) is 4.57 Å². The van der Waals surface area contributed by atoms with Crippen molar-refractivity contribution in [2.24, 2.45) is 0 Å². The highest BCUT2D eigenvalue weighted by molar-refractivity contribution is 7.47. The SMILES string of the molecule is CC/C=C\C/C=C\C/C=C\CCCCCCCC(=O)OCC(COP(=O)(O)OCC(CO)OC(=O)CCCCC/C=C\C/C=C\C/C=C\CC)OC(=O)CCCCCCCCCCCCCCCCCCCCC. The summed E-state index contributed by atoms with van der Waals surface area (Å²) in [5, 5.41) is 9.81. The summed E-state index contributed by atoms with van der Waals surface area (Å²) in [5.41, 5.74) is 0. The van der Waals surface area contributed by atoms with Gasteiger partial charge in [0.25, 0.3) is 0 Å². The van der Waals surface area contributed by atoms with E-state index in [0.717, 1.165) is 109 Å². The van der Waals surface area contributed by atoms with Gasteiger partial charge in [0.2, 0.25) is 0 Å². The minimum Gasteiger partial charge on any atom is -0.462 e.